The standard InChI is InChI=1S/C11H20O2.C5H9NO3S/c1-2-3-4-5-6-7-8-9-10-11(12)13;1-3(7)6-4(2-10)5(8)9/h2H,1,3-10H2,(H,12,13);4,10H,2H2,1H3,(H,6,7)(H,8,9). The van der Waals surface area contributed by atoms with Gasteiger partial charge in [0.05, 0.1) is 0 Å². The fourth-order valence-electron chi connectivity index (χ4n) is 1.70. The van der Waals surface area contributed by atoms with E-state index in [-0.39, 0.29) is 11.7 Å². The van der Waals surface area contributed by atoms with Crippen molar-refractivity contribution in [2.75, 3.05) is 5.75 Å². The Morgan fingerprint density at radius 3 is 1.96 bits per heavy atom. The van der Waals surface area contributed by atoms with E-state index in [0.29, 0.717) is 6.42 Å². The van der Waals surface area contributed by atoms with Gasteiger partial charge >= 0.3 is 11.9 Å². The molecule has 1 unspecified atom stereocenters. The molecule has 6 nitrogen and oxygen atoms in total. The van der Waals surface area contributed by atoms with E-state index >= 15 is 0 Å². The lowest BCUT2D eigenvalue weighted by Gasteiger charge is -2.08. The molecule has 0 aromatic rings. The minimum atomic E-state index is -1.06. The van der Waals surface area contributed by atoms with E-state index < -0.39 is 18.0 Å². The highest BCUT2D eigenvalue weighted by Crippen LogP contribution is 2.08. The molecule has 1 amide bonds. The summed E-state index contributed by atoms with van der Waals surface area (Å²) in [6, 6.07) is -0.874. The van der Waals surface area contributed by atoms with Crippen LogP contribution >= 0.6 is 12.6 Å². The Morgan fingerprint density at radius 1 is 1.09 bits per heavy atom. The van der Waals surface area contributed by atoms with Crippen molar-refractivity contribution in [2.24, 2.45) is 0 Å². The summed E-state index contributed by atoms with van der Waals surface area (Å²) in [5, 5.41) is 18.9. The molecular formula is C16H29NO5S. The number of carbonyl (C=O) groups excluding carboxylic acids is 1. The van der Waals surface area contributed by atoms with Crippen molar-refractivity contribution in [3.05, 3.63) is 12.7 Å². The van der Waals surface area contributed by atoms with E-state index in [1.165, 1.54) is 32.6 Å². The number of carboxylic acid groups (broad SMARTS) is 2. The molecule has 0 saturated heterocycles. The predicted octanol–water partition coefficient (Wildman–Crippen LogP) is 2.88. The first kappa shape index (κ1) is 23.8. The lowest BCUT2D eigenvalue weighted by Crippen LogP contribution is -2.40. The maximum atomic E-state index is 10.3. The smallest absolute Gasteiger partial charge is 0.327 e. The molecule has 7 heteroatoms. The van der Waals surface area contributed by atoms with Gasteiger partial charge in [0.2, 0.25) is 5.91 Å². The van der Waals surface area contributed by atoms with Gasteiger partial charge in [0.1, 0.15) is 6.04 Å². The molecule has 0 aliphatic carbocycles. The molecule has 0 bridgehead atoms. The first-order chi connectivity index (χ1) is 10.8. The third-order valence-corrected chi connectivity index (χ3v) is 3.27. The molecule has 23 heavy (non-hydrogen) atoms. The Hall–Kier alpha value is -1.50. The van der Waals surface area contributed by atoms with Crippen LogP contribution in [0.1, 0.15) is 58.3 Å². The Balaban J connectivity index is 0. The zero-order chi connectivity index (χ0) is 18.1. The van der Waals surface area contributed by atoms with Crippen molar-refractivity contribution >= 4 is 30.5 Å². The second kappa shape index (κ2) is 16.9. The average Bonchev–Trinajstić information content (AvgIpc) is 2.47. The molecule has 0 saturated carbocycles. The van der Waals surface area contributed by atoms with Crippen LogP contribution in [0, 0.1) is 0 Å². The largest absolute Gasteiger partial charge is 0.481 e. The maximum Gasteiger partial charge on any atom is 0.327 e. The summed E-state index contributed by atoms with van der Waals surface area (Å²) < 4.78 is 0. The zero-order valence-corrected chi connectivity index (χ0v) is 14.7. The number of aliphatic carboxylic acids is 2. The molecule has 0 aromatic carbocycles. The molecule has 3 N–H and O–H groups in total. The Bertz CT molecular complexity index is 360. The molecule has 0 radical (unpaired) electrons. The van der Waals surface area contributed by atoms with Crippen LogP contribution in [0.15, 0.2) is 12.7 Å². The summed E-state index contributed by atoms with van der Waals surface area (Å²) in [5.41, 5.74) is 0. The van der Waals surface area contributed by atoms with Crippen LogP contribution in [0.3, 0.4) is 0 Å². The van der Waals surface area contributed by atoms with Gasteiger partial charge < -0.3 is 15.5 Å². The minimum absolute atomic E-state index is 0.106. The third-order valence-electron chi connectivity index (χ3n) is 2.91. The minimum Gasteiger partial charge on any atom is -0.481 e. The van der Waals surface area contributed by atoms with Crippen LogP contribution in [0.25, 0.3) is 0 Å². The highest BCUT2D eigenvalue weighted by Gasteiger charge is 2.15. The Labute approximate surface area is 143 Å². The van der Waals surface area contributed by atoms with Gasteiger partial charge in [0.15, 0.2) is 0 Å². The van der Waals surface area contributed by atoms with Crippen molar-refractivity contribution in [1.82, 2.24) is 5.32 Å². The molecule has 0 rings (SSSR count). The number of amides is 1. The van der Waals surface area contributed by atoms with Crippen LogP contribution < -0.4 is 5.32 Å². The molecule has 0 spiro atoms. The van der Waals surface area contributed by atoms with Crippen LogP contribution in [-0.4, -0.2) is 39.9 Å². The highest BCUT2D eigenvalue weighted by molar-refractivity contribution is 7.80. The van der Waals surface area contributed by atoms with Gasteiger partial charge in [0, 0.05) is 19.1 Å². The van der Waals surface area contributed by atoms with Crippen molar-refractivity contribution in [2.45, 2.75) is 64.3 Å². The fourth-order valence-corrected chi connectivity index (χ4v) is 1.95. The summed E-state index contributed by atoms with van der Waals surface area (Å²) in [6.45, 7) is 4.93. The molecule has 0 fully saturated rings. The van der Waals surface area contributed by atoms with E-state index in [9.17, 15) is 14.4 Å². The number of allylic oxidation sites excluding steroid dienone is 1. The van der Waals surface area contributed by atoms with Gasteiger partial charge in [-0.3, -0.25) is 9.59 Å². The number of unbranched alkanes of at least 4 members (excludes halogenated alkanes) is 6. The Morgan fingerprint density at radius 2 is 1.61 bits per heavy atom. The lowest BCUT2D eigenvalue weighted by atomic mass is 10.1. The predicted molar refractivity (Wildman–Crippen MR) is 93.9 cm³/mol. The summed E-state index contributed by atoms with van der Waals surface area (Å²) in [6.07, 6.45) is 10.1. The molecule has 134 valence electrons. The maximum absolute atomic E-state index is 10.3. The average molecular weight is 347 g/mol. The number of carboxylic acids is 2. The van der Waals surface area contributed by atoms with E-state index in [2.05, 4.69) is 24.5 Å². The number of thiol groups is 1. The first-order valence-electron chi connectivity index (χ1n) is 7.78. The van der Waals surface area contributed by atoms with Gasteiger partial charge in [0.25, 0.3) is 0 Å². The quantitative estimate of drug-likeness (QED) is 0.247. The molecule has 1 atom stereocenters. The van der Waals surface area contributed by atoms with Crippen molar-refractivity contribution in [1.29, 1.82) is 0 Å². The van der Waals surface area contributed by atoms with Crippen LogP contribution in [0.2, 0.25) is 0 Å². The monoisotopic (exact) mass is 347 g/mol. The van der Waals surface area contributed by atoms with Gasteiger partial charge in [-0.1, -0.05) is 31.8 Å². The second-order valence-corrected chi connectivity index (χ2v) is 5.48. The van der Waals surface area contributed by atoms with Crippen LogP contribution in [-0.2, 0) is 14.4 Å². The normalized spacial score (nSPS) is 10.9. The van der Waals surface area contributed by atoms with Crippen molar-refractivity contribution < 1.29 is 24.6 Å². The number of carbonyl (C=O) groups is 3. The number of hydrogen-bond acceptors (Lipinski definition) is 4. The highest BCUT2D eigenvalue weighted by atomic mass is 32.1. The van der Waals surface area contributed by atoms with Gasteiger partial charge in [-0.2, -0.15) is 12.6 Å². The number of hydrogen-bond donors (Lipinski definition) is 4. The molecular weight excluding hydrogens is 318 g/mol. The summed E-state index contributed by atoms with van der Waals surface area (Å²) in [4.78, 5) is 30.7. The van der Waals surface area contributed by atoms with Crippen LogP contribution in [0.4, 0.5) is 0 Å². The van der Waals surface area contributed by atoms with Crippen LogP contribution in [0.5, 0.6) is 0 Å². The zero-order valence-electron chi connectivity index (χ0n) is 13.8. The van der Waals surface area contributed by atoms with Crippen molar-refractivity contribution in [3.8, 4) is 0 Å². The second-order valence-electron chi connectivity index (χ2n) is 5.12. The summed E-state index contributed by atoms with van der Waals surface area (Å²) in [7, 11) is 0. The van der Waals surface area contributed by atoms with E-state index in [4.69, 9.17) is 10.2 Å². The summed E-state index contributed by atoms with van der Waals surface area (Å²) >= 11 is 3.73. The SMILES string of the molecule is C=CCCCCCCCCC(=O)O.CC(=O)NC(CS)C(=O)O. The topological polar surface area (TPSA) is 104 Å². The molecule has 0 aromatic heterocycles. The summed E-state index contributed by atoms with van der Waals surface area (Å²) in [5.74, 6) is -1.99. The Kier molecular flexibility index (Phi) is 17.4. The van der Waals surface area contributed by atoms with Crippen molar-refractivity contribution in [3.63, 3.8) is 0 Å². The number of nitrogens with one attached hydrogen (secondary N) is 1. The van der Waals surface area contributed by atoms with Gasteiger partial charge in [-0.25, -0.2) is 4.79 Å². The molecule has 0 aliphatic rings. The van der Waals surface area contributed by atoms with Gasteiger partial charge in [-0.05, 0) is 19.3 Å². The lowest BCUT2D eigenvalue weighted by molar-refractivity contribution is -0.140. The first-order valence-corrected chi connectivity index (χ1v) is 8.41. The number of rotatable bonds is 12. The molecule has 0 heterocycles. The fraction of sp³-hybridized carbons (Fsp3) is 0.688. The van der Waals surface area contributed by atoms with E-state index in [1.54, 1.807) is 0 Å². The van der Waals surface area contributed by atoms with E-state index in [1.807, 2.05) is 6.08 Å². The van der Waals surface area contributed by atoms with Gasteiger partial charge in [-0.15, -0.1) is 6.58 Å². The van der Waals surface area contributed by atoms with E-state index in [0.717, 1.165) is 19.3 Å². The third kappa shape index (κ3) is 20.5. The molecule has 0 aliphatic heterocycles.